The molecule has 0 aliphatic carbocycles. The fraction of sp³-hybridized carbons (Fsp3) is 0.529. The predicted molar refractivity (Wildman–Crippen MR) is 83.0 cm³/mol. The number of hydrogen-bond acceptors (Lipinski definition) is 2. The Morgan fingerprint density at radius 1 is 1.33 bits per heavy atom. The first-order chi connectivity index (χ1) is 11.2. The average Bonchev–Trinajstić information content (AvgIpc) is 2.91. The van der Waals surface area contributed by atoms with Gasteiger partial charge in [0.1, 0.15) is 0 Å². The van der Waals surface area contributed by atoms with Crippen LogP contribution in [0, 0.1) is 5.92 Å². The molecule has 0 aromatic heterocycles. The second-order valence-electron chi connectivity index (χ2n) is 6.28. The van der Waals surface area contributed by atoms with Crippen molar-refractivity contribution in [2.24, 2.45) is 5.92 Å². The van der Waals surface area contributed by atoms with E-state index in [0.29, 0.717) is 18.5 Å². The molecule has 7 heteroatoms. The molecule has 1 aromatic rings. The lowest BCUT2D eigenvalue weighted by Gasteiger charge is -2.26. The molecule has 132 valence electrons. The van der Waals surface area contributed by atoms with Crippen LogP contribution < -0.4 is 5.32 Å². The average molecular weight is 342 g/mol. The van der Waals surface area contributed by atoms with Crippen molar-refractivity contribution in [2.75, 3.05) is 13.1 Å². The summed E-state index contributed by atoms with van der Waals surface area (Å²) in [6, 6.07) is 4.22. The molecule has 1 aromatic carbocycles. The van der Waals surface area contributed by atoms with Crippen LogP contribution in [0.4, 0.5) is 13.2 Å². The monoisotopic (exact) mass is 342 g/mol. The smallest absolute Gasteiger partial charge is 0.347 e. The second kappa shape index (κ2) is 7.23. The molecule has 1 fully saturated rings. The van der Waals surface area contributed by atoms with Crippen molar-refractivity contribution in [1.82, 2.24) is 10.2 Å². The summed E-state index contributed by atoms with van der Waals surface area (Å²) in [5.41, 5.74) is -0.421. The van der Waals surface area contributed by atoms with Gasteiger partial charge in [0.2, 0.25) is 11.8 Å². The summed E-state index contributed by atoms with van der Waals surface area (Å²) in [5.74, 6) is -0.595. The lowest BCUT2D eigenvalue weighted by Crippen LogP contribution is -2.40. The van der Waals surface area contributed by atoms with E-state index in [1.165, 1.54) is 6.07 Å². The predicted octanol–water partition coefficient (Wildman–Crippen LogP) is 3.14. The minimum atomic E-state index is -4.45. The third-order valence-corrected chi connectivity index (χ3v) is 4.03. The summed E-state index contributed by atoms with van der Waals surface area (Å²) in [5, 5.41) is 2.76. The third-order valence-electron chi connectivity index (χ3n) is 4.03. The van der Waals surface area contributed by atoms with E-state index in [1.54, 1.807) is 24.8 Å². The van der Waals surface area contributed by atoms with Gasteiger partial charge >= 0.3 is 6.18 Å². The van der Waals surface area contributed by atoms with Gasteiger partial charge in [-0.25, -0.2) is 0 Å². The molecular weight excluding hydrogens is 321 g/mol. The molecule has 1 aliphatic rings. The van der Waals surface area contributed by atoms with Crippen LogP contribution in [0.1, 0.15) is 43.9 Å². The van der Waals surface area contributed by atoms with Gasteiger partial charge in [0.05, 0.1) is 11.6 Å². The van der Waals surface area contributed by atoms with Gasteiger partial charge in [-0.15, -0.1) is 0 Å². The highest BCUT2D eigenvalue weighted by Crippen LogP contribution is 2.31. The molecule has 0 spiro atoms. The number of benzene rings is 1. The zero-order valence-corrected chi connectivity index (χ0v) is 13.7. The topological polar surface area (TPSA) is 49.4 Å². The quantitative estimate of drug-likeness (QED) is 0.894. The Kier molecular flexibility index (Phi) is 5.51. The Morgan fingerprint density at radius 2 is 2.04 bits per heavy atom. The van der Waals surface area contributed by atoms with Gasteiger partial charge in [-0.3, -0.25) is 9.59 Å². The summed E-state index contributed by atoms with van der Waals surface area (Å²) in [6.07, 6.45) is -3.29. The molecule has 0 bridgehead atoms. The maximum Gasteiger partial charge on any atom is 0.416 e. The third kappa shape index (κ3) is 4.49. The zero-order chi connectivity index (χ0) is 17.9. The first-order valence-electron chi connectivity index (χ1n) is 7.94. The van der Waals surface area contributed by atoms with Crippen molar-refractivity contribution in [3.8, 4) is 0 Å². The highest BCUT2D eigenvalue weighted by molar-refractivity contribution is 5.79. The molecule has 1 atom stereocenters. The van der Waals surface area contributed by atoms with Gasteiger partial charge in [-0.1, -0.05) is 26.0 Å². The number of rotatable bonds is 5. The van der Waals surface area contributed by atoms with Crippen molar-refractivity contribution in [3.63, 3.8) is 0 Å². The van der Waals surface area contributed by atoms with Crippen LogP contribution in [0.3, 0.4) is 0 Å². The van der Waals surface area contributed by atoms with Crippen LogP contribution in [-0.4, -0.2) is 29.8 Å². The largest absolute Gasteiger partial charge is 0.416 e. The molecular formula is C17H21F3N2O2. The van der Waals surface area contributed by atoms with Crippen molar-refractivity contribution < 1.29 is 22.8 Å². The van der Waals surface area contributed by atoms with Gasteiger partial charge in [0.25, 0.3) is 0 Å². The molecule has 0 saturated carbocycles. The Bertz CT molecular complexity index is 614. The minimum Gasteiger partial charge on any atom is -0.347 e. The Labute approximate surface area is 139 Å². The number of halogens is 3. The van der Waals surface area contributed by atoms with Crippen LogP contribution in [0.5, 0.6) is 0 Å². The van der Waals surface area contributed by atoms with Crippen molar-refractivity contribution in [1.29, 1.82) is 0 Å². The molecule has 4 nitrogen and oxygen atoms in total. The Balaban J connectivity index is 2.27. The van der Waals surface area contributed by atoms with E-state index < -0.39 is 17.8 Å². The van der Waals surface area contributed by atoms with Crippen molar-refractivity contribution >= 4 is 11.8 Å². The Hall–Kier alpha value is -2.05. The van der Waals surface area contributed by atoms with Crippen LogP contribution in [0.2, 0.25) is 0 Å². The van der Waals surface area contributed by atoms with Gasteiger partial charge in [0, 0.05) is 25.4 Å². The van der Waals surface area contributed by atoms with E-state index in [4.69, 9.17) is 0 Å². The lowest BCUT2D eigenvalue weighted by molar-refractivity contribution is -0.137. The van der Waals surface area contributed by atoms with E-state index >= 15 is 0 Å². The van der Waals surface area contributed by atoms with Crippen molar-refractivity contribution in [3.05, 3.63) is 35.4 Å². The van der Waals surface area contributed by atoms with Gasteiger partial charge in [0.15, 0.2) is 0 Å². The SMILES string of the molecule is CC(C)C(=O)N[C@H](CN1CCCC1=O)c1cccc(C(F)(F)F)c1. The summed E-state index contributed by atoms with van der Waals surface area (Å²) in [7, 11) is 0. The van der Waals surface area contributed by atoms with Gasteiger partial charge in [-0.2, -0.15) is 13.2 Å². The van der Waals surface area contributed by atoms with E-state index in [2.05, 4.69) is 5.32 Å². The number of likely N-dealkylation sites (tertiary alicyclic amines) is 1. The fourth-order valence-corrected chi connectivity index (χ4v) is 2.62. The minimum absolute atomic E-state index is 0.0363. The zero-order valence-electron chi connectivity index (χ0n) is 13.7. The standard InChI is InChI=1S/C17H21F3N2O2/c1-11(2)16(24)21-14(10-22-8-4-7-15(22)23)12-5-3-6-13(9-12)17(18,19)20/h3,5-6,9,11,14H,4,7-8,10H2,1-2H3,(H,21,24)/t14-/m1/s1. The normalized spacial score (nSPS) is 16.6. The molecule has 1 heterocycles. The number of alkyl halides is 3. The van der Waals surface area contributed by atoms with Gasteiger partial charge < -0.3 is 10.2 Å². The van der Waals surface area contributed by atoms with Gasteiger partial charge in [-0.05, 0) is 24.1 Å². The summed E-state index contributed by atoms with van der Waals surface area (Å²) in [4.78, 5) is 25.4. The summed E-state index contributed by atoms with van der Waals surface area (Å²) >= 11 is 0. The molecule has 0 unspecified atom stereocenters. The second-order valence-corrected chi connectivity index (χ2v) is 6.28. The number of nitrogens with one attached hydrogen (secondary N) is 1. The molecule has 1 N–H and O–H groups in total. The molecule has 1 aliphatic heterocycles. The van der Waals surface area contributed by atoms with E-state index in [1.807, 2.05) is 0 Å². The molecule has 2 rings (SSSR count). The van der Waals surface area contributed by atoms with Crippen molar-refractivity contribution in [2.45, 2.75) is 38.9 Å². The maximum absolute atomic E-state index is 12.9. The number of carbonyl (C=O) groups excluding carboxylic acids is 2. The molecule has 1 saturated heterocycles. The highest BCUT2D eigenvalue weighted by Gasteiger charge is 2.32. The number of amides is 2. The molecule has 0 radical (unpaired) electrons. The first-order valence-corrected chi connectivity index (χ1v) is 7.94. The van der Waals surface area contributed by atoms with Crippen LogP contribution >= 0.6 is 0 Å². The summed E-state index contributed by atoms with van der Waals surface area (Å²) < 4.78 is 38.8. The van der Waals surface area contributed by atoms with Crippen LogP contribution in [0.15, 0.2) is 24.3 Å². The molecule has 24 heavy (non-hydrogen) atoms. The number of nitrogens with zero attached hydrogens (tertiary/aromatic N) is 1. The maximum atomic E-state index is 12.9. The van der Waals surface area contributed by atoms with E-state index in [0.717, 1.165) is 18.6 Å². The fourth-order valence-electron chi connectivity index (χ4n) is 2.62. The Morgan fingerprint density at radius 3 is 2.58 bits per heavy atom. The lowest BCUT2D eigenvalue weighted by atomic mass is 10.0. The molecule has 2 amide bonds. The number of hydrogen-bond donors (Lipinski definition) is 1. The van der Waals surface area contributed by atoms with E-state index in [-0.39, 0.29) is 24.3 Å². The highest BCUT2D eigenvalue weighted by atomic mass is 19.4. The summed E-state index contributed by atoms with van der Waals surface area (Å²) in [6.45, 7) is 4.16. The number of carbonyl (C=O) groups is 2. The van der Waals surface area contributed by atoms with E-state index in [9.17, 15) is 22.8 Å². The van der Waals surface area contributed by atoms with Crippen LogP contribution in [-0.2, 0) is 15.8 Å². The first kappa shape index (κ1) is 18.3. The van der Waals surface area contributed by atoms with Crippen LogP contribution in [0.25, 0.3) is 0 Å².